The van der Waals surface area contributed by atoms with E-state index in [9.17, 15) is 19.5 Å². The summed E-state index contributed by atoms with van der Waals surface area (Å²) in [4.78, 5) is 43.7. The zero-order valence-electron chi connectivity index (χ0n) is 18.6. The number of hydrogen-bond acceptors (Lipinski definition) is 7. The number of halogens is 2. The number of benzene rings is 1. The van der Waals surface area contributed by atoms with Crippen molar-refractivity contribution in [3.05, 3.63) is 69.0 Å². The number of aryl methyl sites for hydroxylation is 1. The largest absolute Gasteiger partial charge is 0.545 e. The molecule has 35 heavy (non-hydrogen) atoms. The number of carboxylic acids is 1. The van der Waals surface area contributed by atoms with Crippen molar-refractivity contribution in [3.63, 3.8) is 0 Å². The molecular formula is C23H20ClFN5O4S-. The Labute approximate surface area is 209 Å². The van der Waals surface area contributed by atoms with Crippen molar-refractivity contribution in [2.24, 2.45) is 0 Å². The van der Waals surface area contributed by atoms with E-state index in [1.54, 1.807) is 28.5 Å². The first-order valence-electron chi connectivity index (χ1n) is 10.7. The molecule has 182 valence electrons. The van der Waals surface area contributed by atoms with Gasteiger partial charge in [0.2, 0.25) is 0 Å². The molecule has 1 saturated heterocycles. The van der Waals surface area contributed by atoms with Crippen molar-refractivity contribution in [1.29, 1.82) is 0 Å². The second kappa shape index (κ2) is 9.96. The fraction of sp³-hybridized carbons (Fsp3) is 0.261. The summed E-state index contributed by atoms with van der Waals surface area (Å²) in [5.74, 6) is -2.64. The summed E-state index contributed by atoms with van der Waals surface area (Å²) in [5, 5.41) is 14.5. The molecular weight excluding hydrogens is 497 g/mol. The van der Waals surface area contributed by atoms with E-state index in [1.165, 1.54) is 18.5 Å². The van der Waals surface area contributed by atoms with Crippen LogP contribution in [0, 0.1) is 5.82 Å². The van der Waals surface area contributed by atoms with E-state index in [0.717, 1.165) is 6.07 Å². The van der Waals surface area contributed by atoms with Gasteiger partial charge >= 0.3 is 0 Å². The molecule has 9 nitrogen and oxygen atoms in total. The Morgan fingerprint density at radius 1 is 1.23 bits per heavy atom. The predicted octanol–water partition coefficient (Wildman–Crippen LogP) is 1.41. The minimum absolute atomic E-state index is 0.0194. The van der Waals surface area contributed by atoms with E-state index in [1.807, 2.05) is 4.90 Å². The van der Waals surface area contributed by atoms with Crippen molar-refractivity contribution in [2.75, 3.05) is 31.1 Å². The monoisotopic (exact) mass is 516 g/mol. The van der Waals surface area contributed by atoms with Gasteiger partial charge in [-0.2, -0.15) is 0 Å². The Hall–Kier alpha value is -3.57. The Bertz CT molecular complexity index is 1390. The number of amides is 1. The van der Waals surface area contributed by atoms with Gasteiger partial charge in [0, 0.05) is 50.5 Å². The van der Waals surface area contributed by atoms with Gasteiger partial charge in [-0.1, -0.05) is 11.6 Å². The molecule has 0 spiro atoms. The Balaban J connectivity index is 1.50. The maximum atomic E-state index is 15.0. The summed E-state index contributed by atoms with van der Waals surface area (Å²) >= 11 is 11.1. The smallest absolute Gasteiger partial charge is 0.258 e. The molecule has 0 atom stereocenters. The molecule has 0 bridgehead atoms. The Morgan fingerprint density at radius 2 is 1.94 bits per heavy atom. The van der Waals surface area contributed by atoms with Crippen LogP contribution in [-0.4, -0.2) is 57.6 Å². The number of nitrogens with zero attached hydrogens (tertiary/aromatic N) is 4. The van der Waals surface area contributed by atoms with Gasteiger partial charge in [-0.3, -0.25) is 14.9 Å². The minimum atomic E-state index is -1.60. The number of piperazine rings is 1. The summed E-state index contributed by atoms with van der Waals surface area (Å²) in [6.45, 7) is 3.86. The molecule has 3 aromatic rings. The fourth-order valence-electron chi connectivity index (χ4n) is 3.96. The Morgan fingerprint density at radius 3 is 2.54 bits per heavy atom. The number of carboxylic acid groups (broad SMARTS) is 1. The number of thiocarbonyl (C=S) groups is 1. The first-order chi connectivity index (χ1) is 16.7. The molecule has 1 aliphatic heterocycles. The van der Waals surface area contributed by atoms with Crippen LogP contribution in [0.15, 0.2) is 41.5 Å². The maximum Gasteiger partial charge on any atom is 0.258 e. The van der Waals surface area contributed by atoms with Gasteiger partial charge in [-0.25, -0.2) is 9.37 Å². The first kappa shape index (κ1) is 24.6. The number of nitrogens with one attached hydrogen (secondary N) is 1. The van der Waals surface area contributed by atoms with Crippen LogP contribution in [-0.2, 0) is 6.54 Å². The summed E-state index contributed by atoms with van der Waals surface area (Å²) in [6.07, 6.45) is 2.57. The molecule has 3 heterocycles. The highest BCUT2D eigenvalue weighted by atomic mass is 35.5. The van der Waals surface area contributed by atoms with E-state index in [-0.39, 0.29) is 15.7 Å². The molecule has 1 amide bonds. The molecule has 0 aliphatic carbocycles. The third kappa shape index (κ3) is 4.96. The van der Waals surface area contributed by atoms with Gasteiger partial charge in [0.25, 0.3) is 5.91 Å². The lowest BCUT2D eigenvalue weighted by Crippen LogP contribution is -2.52. The number of aromatic nitrogens is 2. The van der Waals surface area contributed by atoms with Gasteiger partial charge in [0.1, 0.15) is 11.0 Å². The van der Waals surface area contributed by atoms with E-state index in [4.69, 9.17) is 23.8 Å². The van der Waals surface area contributed by atoms with E-state index in [2.05, 4.69) is 10.3 Å². The molecule has 1 aromatic carbocycles. The number of hydrogen-bond donors (Lipinski definition) is 1. The van der Waals surface area contributed by atoms with Crippen LogP contribution in [0.5, 0.6) is 0 Å². The standard InChI is InChI=1S/C23H21ClFN5O4S/c1-2-28-12-15(22(33)34)20(31)14-9-16(25)18(10-17(14)28)29-5-7-30(8-6-29)23(35)27-21(32)13-3-4-19(24)26-11-13/h3-4,9-12H,2,5-8H2,1H3,(H,33,34)(H,27,32,35)/p-1. The molecule has 12 heteroatoms. The molecule has 0 unspecified atom stereocenters. The Kier molecular flexibility index (Phi) is 6.99. The number of aromatic carboxylic acids is 1. The van der Waals surface area contributed by atoms with Crippen molar-refractivity contribution < 1.29 is 19.1 Å². The van der Waals surface area contributed by atoms with Crippen LogP contribution in [0.4, 0.5) is 10.1 Å². The van der Waals surface area contributed by atoms with Gasteiger partial charge < -0.3 is 24.3 Å². The van der Waals surface area contributed by atoms with E-state index < -0.39 is 28.7 Å². The topological polar surface area (TPSA) is 111 Å². The second-order valence-corrected chi connectivity index (χ2v) is 8.64. The lowest BCUT2D eigenvalue weighted by molar-refractivity contribution is -0.255. The average Bonchev–Trinajstić information content (AvgIpc) is 2.84. The zero-order valence-corrected chi connectivity index (χ0v) is 20.2. The van der Waals surface area contributed by atoms with Crippen LogP contribution in [0.3, 0.4) is 0 Å². The van der Waals surface area contributed by atoms with Gasteiger partial charge in [0.15, 0.2) is 10.5 Å². The number of carbonyl (C=O) groups is 2. The predicted molar refractivity (Wildman–Crippen MR) is 131 cm³/mol. The molecule has 1 fully saturated rings. The number of fused-ring (bicyclic) bond motifs is 1. The quantitative estimate of drug-likeness (QED) is 0.409. The van der Waals surface area contributed by atoms with E-state index >= 15 is 4.39 Å². The molecule has 1 aliphatic rings. The lowest BCUT2D eigenvalue weighted by atomic mass is 10.1. The molecule has 0 radical (unpaired) electrons. The third-order valence-corrected chi connectivity index (χ3v) is 6.41. The fourth-order valence-corrected chi connectivity index (χ4v) is 4.34. The van der Waals surface area contributed by atoms with Crippen LogP contribution < -0.4 is 20.8 Å². The van der Waals surface area contributed by atoms with Crippen LogP contribution in [0.2, 0.25) is 5.15 Å². The average molecular weight is 517 g/mol. The number of rotatable bonds is 4. The highest BCUT2D eigenvalue weighted by Crippen LogP contribution is 2.26. The van der Waals surface area contributed by atoms with Crippen molar-refractivity contribution in [3.8, 4) is 0 Å². The molecule has 4 rings (SSSR count). The second-order valence-electron chi connectivity index (χ2n) is 7.87. The normalized spacial score (nSPS) is 13.7. The summed E-state index contributed by atoms with van der Waals surface area (Å²) in [5.41, 5.74) is -0.248. The van der Waals surface area contributed by atoms with Crippen molar-refractivity contribution in [2.45, 2.75) is 13.5 Å². The zero-order chi connectivity index (χ0) is 25.3. The molecule has 0 saturated carbocycles. The van der Waals surface area contributed by atoms with Crippen LogP contribution in [0.1, 0.15) is 27.6 Å². The van der Waals surface area contributed by atoms with Gasteiger partial charge in [0.05, 0.1) is 28.3 Å². The molecule has 1 N–H and O–H groups in total. The minimum Gasteiger partial charge on any atom is -0.545 e. The summed E-state index contributed by atoms with van der Waals surface area (Å²) in [6, 6.07) is 5.67. The van der Waals surface area contributed by atoms with E-state index in [0.29, 0.717) is 49.5 Å². The first-order valence-corrected chi connectivity index (χ1v) is 11.5. The highest BCUT2D eigenvalue weighted by molar-refractivity contribution is 7.80. The van der Waals surface area contributed by atoms with Gasteiger partial charge in [-0.15, -0.1) is 0 Å². The highest BCUT2D eigenvalue weighted by Gasteiger charge is 2.24. The number of anilines is 1. The van der Waals surface area contributed by atoms with Crippen LogP contribution >= 0.6 is 23.8 Å². The number of carbonyl (C=O) groups excluding carboxylic acids is 2. The SMILES string of the molecule is CCn1cc(C(=O)[O-])c(=O)c2cc(F)c(N3CCN(C(=S)NC(=O)c4ccc(Cl)nc4)CC3)cc21. The van der Waals surface area contributed by atoms with Gasteiger partial charge in [-0.05, 0) is 43.4 Å². The molecule has 2 aromatic heterocycles. The lowest BCUT2D eigenvalue weighted by Gasteiger charge is -2.37. The summed E-state index contributed by atoms with van der Waals surface area (Å²) in [7, 11) is 0. The summed E-state index contributed by atoms with van der Waals surface area (Å²) < 4.78 is 16.6. The third-order valence-electron chi connectivity index (χ3n) is 5.83. The van der Waals surface area contributed by atoms with Crippen molar-refractivity contribution >= 4 is 57.4 Å². The maximum absolute atomic E-state index is 15.0. The van der Waals surface area contributed by atoms with Crippen molar-refractivity contribution in [1.82, 2.24) is 19.8 Å². The number of pyridine rings is 2. The van der Waals surface area contributed by atoms with Crippen LogP contribution in [0.25, 0.3) is 10.9 Å².